The summed E-state index contributed by atoms with van der Waals surface area (Å²) in [5.74, 6) is -0.949. The van der Waals surface area contributed by atoms with Crippen LogP contribution >= 0.6 is 21.6 Å². The van der Waals surface area contributed by atoms with Gasteiger partial charge >= 0.3 is 12.2 Å². The fraction of sp³-hybridized carbons (Fsp3) is 0.182. The maximum atomic E-state index is 14.1. The molecule has 306 valence electrons. The van der Waals surface area contributed by atoms with Gasteiger partial charge in [0.2, 0.25) is 11.8 Å². The summed E-state index contributed by atoms with van der Waals surface area (Å²) in [6.07, 6.45) is 4.88. The fourth-order valence-electron chi connectivity index (χ4n) is 5.68. The Morgan fingerprint density at radius 1 is 0.433 bits per heavy atom. The molecule has 2 aromatic carbocycles. The summed E-state index contributed by atoms with van der Waals surface area (Å²) in [5.41, 5.74) is 3.74. The molecule has 0 saturated heterocycles. The van der Waals surface area contributed by atoms with Gasteiger partial charge in [-0.2, -0.15) is 0 Å². The zero-order chi connectivity index (χ0) is 41.8. The minimum absolute atomic E-state index is 0.00572. The van der Waals surface area contributed by atoms with Gasteiger partial charge in [-0.3, -0.25) is 29.5 Å². The van der Waals surface area contributed by atoms with Crippen molar-refractivity contribution in [3.05, 3.63) is 192 Å². The molecule has 14 nitrogen and oxygen atoms in total. The van der Waals surface area contributed by atoms with Crippen molar-refractivity contribution in [3.63, 3.8) is 0 Å². The maximum Gasteiger partial charge on any atom is 0.408 e. The Morgan fingerprint density at radius 3 is 1.05 bits per heavy atom. The Labute approximate surface area is 355 Å². The van der Waals surface area contributed by atoms with Gasteiger partial charge < -0.3 is 30.7 Å². The molecule has 60 heavy (non-hydrogen) atoms. The highest BCUT2D eigenvalue weighted by molar-refractivity contribution is 8.76. The van der Waals surface area contributed by atoms with E-state index < -0.39 is 48.2 Å². The van der Waals surface area contributed by atoms with Crippen LogP contribution in [0.1, 0.15) is 46.0 Å². The van der Waals surface area contributed by atoms with E-state index in [0.717, 1.165) is 11.1 Å². The normalized spacial score (nSPS) is 11.8. The molecule has 0 aliphatic heterocycles. The minimum atomic E-state index is -1.10. The molecule has 2 atom stereocenters. The van der Waals surface area contributed by atoms with E-state index in [9.17, 15) is 19.2 Å². The van der Waals surface area contributed by atoms with E-state index in [1.54, 1.807) is 97.6 Å². The Hall–Kier alpha value is -6.78. The average Bonchev–Trinajstić information content (AvgIpc) is 3.30. The molecule has 0 spiro atoms. The first-order valence-corrected chi connectivity index (χ1v) is 21.3. The lowest BCUT2D eigenvalue weighted by Crippen LogP contribution is -2.50. The number of pyridine rings is 4. The molecule has 4 heterocycles. The van der Waals surface area contributed by atoms with Gasteiger partial charge in [0, 0.05) is 36.3 Å². The van der Waals surface area contributed by atoms with E-state index in [4.69, 9.17) is 9.47 Å². The molecule has 0 fully saturated rings. The first-order valence-electron chi connectivity index (χ1n) is 18.9. The number of nitrogens with one attached hydrogen (secondary N) is 4. The van der Waals surface area contributed by atoms with Crippen LogP contribution in [-0.2, 0) is 32.3 Å². The molecular weight excluding hydrogens is 801 g/mol. The summed E-state index contributed by atoms with van der Waals surface area (Å²) in [5, 5.41) is 11.4. The minimum Gasteiger partial charge on any atom is -0.445 e. The van der Waals surface area contributed by atoms with Crippen molar-refractivity contribution in [2.45, 2.75) is 37.4 Å². The molecule has 0 saturated carbocycles. The van der Waals surface area contributed by atoms with Gasteiger partial charge in [-0.05, 0) is 59.7 Å². The van der Waals surface area contributed by atoms with Crippen molar-refractivity contribution in [1.82, 2.24) is 41.2 Å². The number of hydrogen-bond acceptors (Lipinski definition) is 12. The van der Waals surface area contributed by atoms with Crippen molar-refractivity contribution in [2.24, 2.45) is 0 Å². The Kier molecular flexibility index (Phi) is 16.4. The van der Waals surface area contributed by atoms with Crippen LogP contribution in [0.3, 0.4) is 0 Å². The van der Waals surface area contributed by atoms with Crippen LogP contribution in [0.15, 0.2) is 158 Å². The van der Waals surface area contributed by atoms with Crippen LogP contribution in [0.5, 0.6) is 0 Å². The summed E-state index contributed by atoms with van der Waals surface area (Å²) in [6.45, 7) is -0.0114. The number of nitrogens with zero attached hydrogens (tertiary/aromatic N) is 4. The van der Waals surface area contributed by atoms with Crippen LogP contribution < -0.4 is 21.3 Å². The van der Waals surface area contributed by atoms with E-state index in [0.29, 0.717) is 22.8 Å². The van der Waals surface area contributed by atoms with Crippen LogP contribution in [0.2, 0.25) is 0 Å². The SMILES string of the molecule is O=C(NC(CSSC[C@H](NC(=O)OCc1ccccc1)C(=O)NC(c1ccccn1)c1ccccn1)C(=O)NC(c1ccccn1)c1ccccn1)OCc1ccccc1. The van der Waals surface area contributed by atoms with E-state index in [2.05, 4.69) is 41.2 Å². The number of benzene rings is 2. The van der Waals surface area contributed by atoms with Gasteiger partial charge in [0.05, 0.1) is 22.8 Å². The summed E-state index contributed by atoms with van der Waals surface area (Å²) < 4.78 is 10.9. The molecule has 4 aromatic heterocycles. The number of rotatable bonds is 19. The second-order valence-electron chi connectivity index (χ2n) is 13.0. The van der Waals surface area contributed by atoms with Crippen molar-refractivity contribution in [3.8, 4) is 0 Å². The average molecular weight is 843 g/mol. The lowest BCUT2D eigenvalue weighted by Gasteiger charge is -2.24. The number of hydrogen-bond donors (Lipinski definition) is 4. The highest BCUT2D eigenvalue weighted by atomic mass is 33.1. The highest BCUT2D eigenvalue weighted by Gasteiger charge is 2.29. The quantitative estimate of drug-likeness (QED) is 0.0524. The standard InChI is InChI=1S/C44H42N8O6S2/c53-41(51-39(33-19-7-11-23-45-33)34-20-8-12-24-46-34)37(49-43(55)57-27-31-15-3-1-4-16-31)29-59-60-30-38(50-44(56)58-28-32-17-5-2-6-18-32)42(54)52-40(35-21-9-13-25-47-35)36-22-10-14-26-48-36/h1-26,37-40H,27-30H2,(H,49,55)(H,50,56)(H,51,53)(H,52,54)/t37-,38?/m0/s1. The predicted molar refractivity (Wildman–Crippen MR) is 229 cm³/mol. The van der Waals surface area contributed by atoms with Crippen molar-refractivity contribution < 1.29 is 28.7 Å². The first-order chi connectivity index (χ1) is 29.4. The van der Waals surface area contributed by atoms with Crippen LogP contribution in [0.4, 0.5) is 9.59 Å². The van der Waals surface area contributed by atoms with Crippen molar-refractivity contribution in [1.29, 1.82) is 0 Å². The zero-order valence-electron chi connectivity index (χ0n) is 32.2. The van der Waals surface area contributed by atoms with E-state index >= 15 is 0 Å². The molecular formula is C44H42N8O6S2. The molecule has 0 bridgehead atoms. The van der Waals surface area contributed by atoms with Crippen molar-refractivity contribution >= 4 is 45.6 Å². The first kappa shape index (κ1) is 42.8. The third-order valence-corrected chi connectivity index (χ3v) is 11.1. The molecule has 4 amide bonds. The Balaban J connectivity index is 1.16. The Morgan fingerprint density at radius 2 is 0.750 bits per heavy atom. The number of alkyl carbamates (subject to hydrolysis) is 2. The van der Waals surface area contributed by atoms with E-state index in [1.165, 1.54) is 21.6 Å². The zero-order valence-corrected chi connectivity index (χ0v) is 33.8. The third kappa shape index (κ3) is 13.4. The Bertz CT molecular complexity index is 2000. The van der Waals surface area contributed by atoms with Gasteiger partial charge in [-0.25, -0.2) is 9.59 Å². The molecule has 1 unspecified atom stereocenters. The van der Waals surface area contributed by atoms with Gasteiger partial charge in [-0.15, -0.1) is 0 Å². The second-order valence-corrected chi connectivity index (χ2v) is 15.5. The van der Waals surface area contributed by atoms with Crippen LogP contribution in [0, 0.1) is 0 Å². The summed E-state index contributed by atoms with van der Waals surface area (Å²) >= 11 is 0. The number of aromatic nitrogens is 4. The van der Waals surface area contributed by atoms with Gasteiger partial charge in [0.15, 0.2) is 0 Å². The molecule has 16 heteroatoms. The van der Waals surface area contributed by atoms with Crippen LogP contribution in [-0.4, -0.2) is 67.5 Å². The lowest BCUT2D eigenvalue weighted by atomic mass is 10.1. The van der Waals surface area contributed by atoms with E-state index in [-0.39, 0.29) is 24.7 Å². The summed E-state index contributed by atoms with van der Waals surface area (Å²) in [6, 6.07) is 36.1. The largest absolute Gasteiger partial charge is 0.445 e. The molecule has 0 aliphatic rings. The number of carbonyl (C=O) groups is 4. The summed E-state index contributed by atoms with van der Waals surface area (Å²) in [7, 11) is 2.43. The van der Waals surface area contributed by atoms with E-state index in [1.807, 2.05) is 60.7 Å². The number of carbonyl (C=O) groups excluding carboxylic acids is 4. The smallest absolute Gasteiger partial charge is 0.408 e. The number of ether oxygens (including phenoxy) is 2. The molecule has 4 N–H and O–H groups in total. The van der Waals surface area contributed by atoms with Gasteiger partial charge in [0.25, 0.3) is 0 Å². The maximum absolute atomic E-state index is 14.1. The topological polar surface area (TPSA) is 186 Å². The molecule has 0 radical (unpaired) electrons. The van der Waals surface area contributed by atoms with Gasteiger partial charge in [0.1, 0.15) is 37.4 Å². The second kappa shape index (κ2) is 23.0. The summed E-state index contributed by atoms with van der Waals surface area (Å²) in [4.78, 5) is 72.2. The van der Waals surface area contributed by atoms with Gasteiger partial charge in [-0.1, -0.05) is 107 Å². The van der Waals surface area contributed by atoms with Crippen molar-refractivity contribution in [2.75, 3.05) is 11.5 Å². The predicted octanol–water partition coefficient (Wildman–Crippen LogP) is 6.35. The highest BCUT2D eigenvalue weighted by Crippen LogP contribution is 2.26. The number of amides is 4. The molecule has 6 aromatic rings. The monoisotopic (exact) mass is 842 g/mol. The molecule has 6 rings (SSSR count). The molecule has 0 aliphatic carbocycles. The lowest BCUT2D eigenvalue weighted by molar-refractivity contribution is -0.123. The third-order valence-electron chi connectivity index (χ3n) is 8.70. The van der Waals surface area contributed by atoms with Crippen LogP contribution in [0.25, 0.3) is 0 Å². The fourth-order valence-corrected chi connectivity index (χ4v) is 8.01.